The number of rotatable bonds is 5. The van der Waals surface area contributed by atoms with E-state index in [4.69, 9.17) is 9.47 Å². The molecule has 1 fully saturated rings. The van der Waals surface area contributed by atoms with Gasteiger partial charge in [-0.2, -0.15) is 0 Å². The zero-order valence-corrected chi connectivity index (χ0v) is 11.1. The molecular formula is C13H22O4. The van der Waals surface area contributed by atoms with Crippen LogP contribution >= 0.6 is 0 Å². The number of ketones is 2. The molecule has 1 aliphatic rings. The Balaban J connectivity index is 2.80. The molecule has 0 saturated heterocycles. The highest BCUT2D eigenvalue weighted by molar-refractivity contribution is 6.05. The van der Waals surface area contributed by atoms with E-state index in [2.05, 4.69) is 0 Å². The van der Waals surface area contributed by atoms with Gasteiger partial charge in [-0.25, -0.2) is 0 Å². The van der Waals surface area contributed by atoms with Crippen LogP contribution in [0.2, 0.25) is 0 Å². The van der Waals surface area contributed by atoms with E-state index in [1.807, 2.05) is 27.7 Å². The maximum absolute atomic E-state index is 12.0. The van der Waals surface area contributed by atoms with Gasteiger partial charge in [0.05, 0.1) is 0 Å². The first-order valence-corrected chi connectivity index (χ1v) is 6.20. The highest BCUT2D eigenvalue weighted by Gasteiger charge is 2.44. The maximum Gasteiger partial charge on any atom is 0.174 e. The largest absolute Gasteiger partial charge is 0.352 e. The average Bonchev–Trinajstić information content (AvgIpc) is 2.14. The summed E-state index contributed by atoms with van der Waals surface area (Å²) >= 11 is 0. The molecule has 0 heterocycles. The third kappa shape index (κ3) is 3.61. The van der Waals surface area contributed by atoms with Gasteiger partial charge in [0.25, 0.3) is 0 Å². The van der Waals surface area contributed by atoms with Crippen LogP contribution in [0, 0.1) is 11.3 Å². The van der Waals surface area contributed by atoms with Crippen molar-refractivity contribution < 1.29 is 19.1 Å². The lowest BCUT2D eigenvalue weighted by Gasteiger charge is -2.35. The summed E-state index contributed by atoms with van der Waals surface area (Å²) in [7, 11) is 0. The molecule has 0 radical (unpaired) electrons. The first-order chi connectivity index (χ1) is 7.91. The lowest BCUT2D eigenvalue weighted by atomic mass is 9.71. The second kappa shape index (κ2) is 5.74. The number of hydrogen-bond acceptors (Lipinski definition) is 4. The summed E-state index contributed by atoms with van der Waals surface area (Å²) < 4.78 is 10.7. The van der Waals surface area contributed by atoms with Crippen LogP contribution in [0.25, 0.3) is 0 Å². The van der Waals surface area contributed by atoms with Crippen molar-refractivity contribution in [1.82, 2.24) is 0 Å². The van der Waals surface area contributed by atoms with Gasteiger partial charge in [0.2, 0.25) is 0 Å². The van der Waals surface area contributed by atoms with E-state index in [0.29, 0.717) is 26.1 Å². The third-order valence-electron chi connectivity index (χ3n) is 2.93. The molecule has 0 aromatic rings. The van der Waals surface area contributed by atoms with Gasteiger partial charge in [-0.1, -0.05) is 13.8 Å². The number of hydrogen-bond donors (Lipinski definition) is 0. The van der Waals surface area contributed by atoms with Crippen molar-refractivity contribution in [1.29, 1.82) is 0 Å². The molecular weight excluding hydrogens is 220 g/mol. The second-order valence-electron chi connectivity index (χ2n) is 5.21. The van der Waals surface area contributed by atoms with Gasteiger partial charge in [0.15, 0.2) is 6.29 Å². The van der Waals surface area contributed by atoms with Gasteiger partial charge in [-0.05, 0) is 19.3 Å². The number of carbonyl (C=O) groups is 2. The van der Waals surface area contributed by atoms with Gasteiger partial charge < -0.3 is 9.47 Å². The Morgan fingerprint density at radius 3 is 1.88 bits per heavy atom. The normalized spacial score (nSPS) is 21.2. The maximum atomic E-state index is 12.0. The zero-order chi connectivity index (χ0) is 13.1. The fraction of sp³-hybridized carbons (Fsp3) is 0.846. The zero-order valence-electron chi connectivity index (χ0n) is 11.1. The molecule has 0 amide bonds. The van der Waals surface area contributed by atoms with Crippen LogP contribution in [-0.4, -0.2) is 31.1 Å². The number of carbonyl (C=O) groups excluding carboxylic acids is 2. The van der Waals surface area contributed by atoms with Crippen LogP contribution in [0.3, 0.4) is 0 Å². The van der Waals surface area contributed by atoms with Crippen molar-refractivity contribution >= 4 is 11.6 Å². The molecule has 17 heavy (non-hydrogen) atoms. The minimum atomic E-state index is -0.733. The molecule has 0 unspecified atom stereocenters. The summed E-state index contributed by atoms with van der Waals surface area (Å²) in [5.41, 5.74) is -0.229. The summed E-state index contributed by atoms with van der Waals surface area (Å²) in [6.07, 6.45) is 0.126. The Labute approximate surface area is 103 Å². The predicted molar refractivity (Wildman–Crippen MR) is 63.6 cm³/mol. The Kier molecular flexibility index (Phi) is 4.83. The minimum absolute atomic E-state index is 0.0573. The van der Waals surface area contributed by atoms with Crippen LogP contribution in [-0.2, 0) is 19.1 Å². The quantitative estimate of drug-likeness (QED) is 0.546. The molecule has 1 saturated carbocycles. The van der Waals surface area contributed by atoms with Gasteiger partial charge in [0, 0.05) is 26.1 Å². The molecule has 4 heteroatoms. The molecule has 0 atom stereocenters. The van der Waals surface area contributed by atoms with Crippen molar-refractivity contribution in [3.8, 4) is 0 Å². The van der Waals surface area contributed by atoms with Crippen LogP contribution in [0.5, 0.6) is 0 Å². The average molecular weight is 242 g/mol. The lowest BCUT2D eigenvalue weighted by Crippen LogP contribution is -2.45. The summed E-state index contributed by atoms with van der Waals surface area (Å²) in [5.74, 6) is -0.848. The topological polar surface area (TPSA) is 52.6 Å². The Hall–Kier alpha value is -0.740. The number of Topliss-reactive ketones (excluding diaryl/α,β-unsaturated/α-hetero) is 2. The van der Waals surface area contributed by atoms with Crippen LogP contribution in [0.4, 0.5) is 0 Å². The molecule has 1 aliphatic carbocycles. The standard InChI is InChI=1S/C13H22O4/c1-5-16-12(17-6-2)11-9(14)7-13(3,4)8-10(11)15/h11-12H,5-8H2,1-4H3. The van der Waals surface area contributed by atoms with E-state index in [9.17, 15) is 9.59 Å². The minimum Gasteiger partial charge on any atom is -0.352 e. The van der Waals surface area contributed by atoms with Gasteiger partial charge >= 0.3 is 0 Å². The Morgan fingerprint density at radius 2 is 1.53 bits per heavy atom. The highest BCUT2D eigenvalue weighted by atomic mass is 16.7. The van der Waals surface area contributed by atoms with E-state index in [0.717, 1.165) is 0 Å². The Bertz CT molecular complexity index is 270. The third-order valence-corrected chi connectivity index (χ3v) is 2.93. The van der Waals surface area contributed by atoms with E-state index in [1.54, 1.807) is 0 Å². The summed E-state index contributed by atoms with van der Waals surface area (Å²) in [6.45, 7) is 8.41. The first kappa shape index (κ1) is 14.3. The monoisotopic (exact) mass is 242 g/mol. The van der Waals surface area contributed by atoms with Crippen LogP contribution < -0.4 is 0 Å². The smallest absolute Gasteiger partial charge is 0.174 e. The molecule has 0 N–H and O–H groups in total. The van der Waals surface area contributed by atoms with Crippen LogP contribution in [0.15, 0.2) is 0 Å². The first-order valence-electron chi connectivity index (χ1n) is 6.20. The van der Waals surface area contributed by atoms with E-state index in [-0.39, 0.29) is 17.0 Å². The molecule has 0 bridgehead atoms. The van der Waals surface area contributed by atoms with Crippen molar-refractivity contribution in [3.05, 3.63) is 0 Å². The molecule has 1 rings (SSSR count). The second-order valence-corrected chi connectivity index (χ2v) is 5.21. The van der Waals surface area contributed by atoms with Crippen molar-refractivity contribution in [2.45, 2.75) is 46.8 Å². The predicted octanol–water partition coefficient (Wildman–Crippen LogP) is 1.96. The molecule has 0 aromatic carbocycles. The summed E-state index contributed by atoms with van der Waals surface area (Å²) in [5, 5.41) is 0. The SMILES string of the molecule is CCOC(OCC)C1C(=O)CC(C)(C)CC1=O. The number of ether oxygens (including phenoxy) is 2. The molecule has 0 aromatic heterocycles. The highest BCUT2D eigenvalue weighted by Crippen LogP contribution is 2.35. The summed E-state index contributed by atoms with van der Waals surface area (Å²) in [4.78, 5) is 24.1. The molecule has 0 spiro atoms. The molecule has 0 aliphatic heterocycles. The van der Waals surface area contributed by atoms with E-state index >= 15 is 0 Å². The fourth-order valence-corrected chi connectivity index (χ4v) is 2.28. The lowest BCUT2D eigenvalue weighted by molar-refractivity contribution is -0.183. The van der Waals surface area contributed by atoms with Crippen molar-refractivity contribution in [3.63, 3.8) is 0 Å². The fourth-order valence-electron chi connectivity index (χ4n) is 2.28. The summed E-state index contributed by atoms with van der Waals surface area (Å²) in [6, 6.07) is 0. The Morgan fingerprint density at radius 1 is 1.12 bits per heavy atom. The van der Waals surface area contributed by atoms with Gasteiger partial charge in [-0.15, -0.1) is 0 Å². The molecule has 4 nitrogen and oxygen atoms in total. The van der Waals surface area contributed by atoms with Crippen molar-refractivity contribution in [2.75, 3.05) is 13.2 Å². The van der Waals surface area contributed by atoms with Crippen molar-refractivity contribution in [2.24, 2.45) is 11.3 Å². The van der Waals surface area contributed by atoms with Gasteiger partial charge in [0.1, 0.15) is 17.5 Å². The van der Waals surface area contributed by atoms with E-state index in [1.165, 1.54) is 0 Å². The van der Waals surface area contributed by atoms with E-state index < -0.39 is 12.2 Å². The molecule has 98 valence electrons. The van der Waals surface area contributed by atoms with Gasteiger partial charge in [-0.3, -0.25) is 9.59 Å². The van der Waals surface area contributed by atoms with Crippen LogP contribution in [0.1, 0.15) is 40.5 Å².